The smallest absolute Gasteiger partial charge is 0.178 e. The van der Waals surface area contributed by atoms with Crippen LogP contribution in [0.15, 0.2) is 84.9 Å². The number of hydrogen-bond acceptors (Lipinski definition) is 4. The molecule has 0 amide bonds. The molecular weight excluding hydrogens is 448 g/mol. The van der Waals surface area contributed by atoms with Crippen molar-refractivity contribution in [1.82, 2.24) is 0 Å². The third-order valence-electron chi connectivity index (χ3n) is 6.98. The molecule has 0 aromatic heterocycles. The molecule has 0 N–H and O–H groups in total. The van der Waals surface area contributed by atoms with Gasteiger partial charge in [-0.1, -0.05) is 84.4 Å². The van der Waals surface area contributed by atoms with Crippen molar-refractivity contribution in [3.05, 3.63) is 112 Å². The van der Waals surface area contributed by atoms with Gasteiger partial charge in [0.1, 0.15) is 11.2 Å². The molecule has 0 heterocycles. The average Bonchev–Trinajstić information content (AvgIpc) is 3.07. The molecule has 5 heteroatoms. The summed E-state index contributed by atoms with van der Waals surface area (Å²) in [6.45, 7) is 0. The standard InChI is InChI=1S/C29H21ClO4/c30-20-13-10-18(11-14-20)12-15-23(31)25-24(32)16-17-29(26(25)19-6-2-1-3-7-19)27(33)21-8-4-5-9-22(21)28(29)34/h1-15,25-26H,16-17H2/b15-12+. The molecule has 0 bridgehead atoms. The monoisotopic (exact) mass is 468 g/mol. The summed E-state index contributed by atoms with van der Waals surface area (Å²) in [5.74, 6) is -3.25. The van der Waals surface area contributed by atoms with E-state index in [9.17, 15) is 19.2 Å². The van der Waals surface area contributed by atoms with E-state index < -0.39 is 23.0 Å². The summed E-state index contributed by atoms with van der Waals surface area (Å²) in [6, 6.07) is 22.7. The molecule has 168 valence electrons. The van der Waals surface area contributed by atoms with Crippen molar-refractivity contribution >= 4 is 40.8 Å². The van der Waals surface area contributed by atoms with Crippen molar-refractivity contribution in [1.29, 1.82) is 0 Å². The lowest BCUT2D eigenvalue weighted by atomic mass is 9.56. The van der Waals surface area contributed by atoms with Crippen molar-refractivity contribution in [3.8, 4) is 0 Å². The summed E-state index contributed by atoms with van der Waals surface area (Å²) < 4.78 is 0. The van der Waals surface area contributed by atoms with Crippen LogP contribution in [-0.4, -0.2) is 23.1 Å². The number of rotatable bonds is 4. The van der Waals surface area contributed by atoms with Crippen LogP contribution in [0.2, 0.25) is 5.02 Å². The number of benzene rings is 3. The number of Topliss-reactive ketones (excluding diaryl/α,β-unsaturated/α-hetero) is 3. The Morgan fingerprint density at radius 2 is 1.41 bits per heavy atom. The molecule has 0 aliphatic heterocycles. The number of halogens is 1. The number of allylic oxidation sites excluding steroid dienone is 1. The van der Waals surface area contributed by atoms with Gasteiger partial charge in [-0.15, -0.1) is 0 Å². The van der Waals surface area contributed by atoms with E-state index in [1.54, 1.807) is 78.9 Å². The fourth-order valence-electron chi connectivity index (χ4n) is 5.39. The summed E-state index contributed by atoms with van der Waals surface area (Å²) in [5, 5.41) is 0.579. The zero-order chi connectivity index (χ0) is 23.9. The maximum Gasteiger partial charge on any atom is 0.178 e. The van der Waals surface area contributed by atoms with Crippen molar-refractivity contribution in [2.24, 2.45) is 11.3 Å². The van der Waals surface area contributed by atoms with E-state index in [1.165, 1.54) is 6.08 Å². The second-order valence-electron chi connectivity index (χ2n) is 8.79. The zero-order valence-corrected chi connectivity index (χ0v) is 19.0. The van der Waals surface area contributed by atoms with Gasteiger partial charge in [0.25, 0.3) is 0 Å². The lowest BCUT2D eigenvalue weighted by Crippen LogP contribution is -2.50. The molecular formula is C29H21ClO4. The van der Waals surface area contributed by atoms with Gasteiger partial charge in [-0.3, -0.25) is 19.2 Å². The van der Waals surface area contributed by atoms with Crippen LogP contribution < -0.4 is 0 Å². The van der Waals surface area contributed by atoms with Crippen LogP contribution in [0.25, 0.3) is 6.08 Å². The third kappa shape index (κ3) is 3.46. The van der Waals surface area contributed by atoms with Crippen LogP contribution in [0.4, 0.5) is 0 Å². The highest BCUT2D eigenvalue weighted by Gasteiger charge is 2.63. The molecule has 2 aliphatic carbocycles. The van der Waals surface area contributed by atoms with Gasteiger partial charge in [0.05, 0.1) is 5.92 Å². The second kappa shape index (κ2) is 8.62. The molecule has 3 aromatic rings. The number of ketones is 4. The first-order valence-corrected chi connectivity index (χ1v) is 11.5. The van der Waals surface area contributed by atoms with Gasteiger partial charge in [-0.2, -0.15) is 0 Å². The Labute approximate surface area is 202 Å². The minimum absolute atomic E-state index is 0.00000622. The molecule has 1 spiro atoms. The van der Waals surface area contributed by atoms with E-state index in [1.807, 2.05) is 6.07 Å². The van der Waals surface area contributed by atoms with E-state index >= 15 is 0 Å². The largest absolute Gasteiger partial charge is 0.299 e. The van der Waals surface area contributed by atoms with E-state index in [0.29, 0.717) is 21.7 Å². The van der Waals surface area contributed by atoms with Gasteiger partial charge < -0.3 is 0 Å². The van der Waals surface area contributed by atoms with Gasteiger partial charge in [0.2, 0.25) is 0 Å². The van der Waals surface area contributed by atoms with Gasteiger partial charge in [0, 0.05) is 28.5 Å². The third-order valence-corrected chi connectivity index (χ3v) is 7.23. The highest BCUT2D eigenvalue weighted by atomic mass is 35.5. The molecule has 1 saturated carbocycles. The second-order valence-corrected chi connectivity index (χ2v) is 9.23. The fraction of sp³-hybridized carbons (Fsp3) is 0.172. The molecule has 2 aliphatic rings. The van der Waals surface area contributed by atoms with Crippen LogP contribution >= 0.6 is 11.6 Å². The Balaban J connectivity index is 1.62. The SMILES string of the molecule is O=C(/C=C/c1ccc(Cl)cc1)C1C(=O)CCC2(C(=O)c3ccccc3C2=O)C1c1ccccc1. The topological polar surface area (TPSA) is 68.3 Å². The van der Waals surface area contributed by atoms with Crippen molar-refractivity contribution < 1.29 is 19.2 Å². The van der Waals surface area contributed by atoms with Crippen LogP contribution in [0.1, 0.15) is 50.6 Å². The lowest BCUT2D eigenvalue weighted by Gasteiger charge is -2.42. The van der Waals surface area contributed by atoms with E-state index in [0.717, 1.165) is 5.56 Å². The average molecular weight is 469 g/mol. The van der Waals surface area contributed by atoms with Gasteiger partial charge in [0.15, 0.2) is 17.3 Å². The number of carbonyl (C=O) groups is 4. The summed E-state index contributed by atoms with van der Waals surface area (Å²) in [6.07, 6.45) is 3.10. The van der Waals surface area contributed by atoms with Crippen molar-refractivity contribution in [3.63, 3.8) is 0 Å². The Kier molecular flexibility index (Phi) is 5.62. The Hall–Kier alpha value is -3.63. The molecule has 0 saturated heterocycles. The Bertz CT molecular complexity index is 1300. The quantitative estimate of drug-likeness (QED) is 0.361. The van der Waals surface area contributed by atoms with E-state index in [2.05, 4.69) is 0 Å². The number of fused-ring (bicyclic) bond motifs is 1. The zero-order valence-electron chi connectivity index (χ0n) is 18.2. The van der Waals surface area contributed by atoms with E-state index in [4.69, 9.17) is 11.6 Å². The molecule has 2 unspecified atom stereocenters. The van der Waals surface area contributed by atoms with Gasteiger partial charge in [-0.05, 0) is 35.8 Å². The van der Waals surface area contributed by atoms with E-state index in [-0.39, 0.29) is 30.2 Å². The Morgan fingerprint density at radius 3 is 2.03 bits per heavy atom. The van der Waals surface area contributed by atoms with Crippen LogP contribution in [-0.2, 0) is 9.59 Å². The summed E-state index contributed by atoms with van der Waals surface area (Å²) in [7, 11) is 0. The Morgan fingerprint density at radius 1 is 0.824 bits per heavy atom. The molecule has 5 rings (SSSR count). The first kappa shape index (κ1) is 22.2. The normalized spacial score (nSPS) is 21.3. The first-order valence-electron chi connectivity index (χ1n) is 11.2. The summed E-state index contributed by atoms with van der Waals surface area (Å²) in [5.41, 5.74) is 0.667. The summed E-state index contributed by atoms with van der Waals surface area (Å²) >= 11 is 5.94. The van der Waals surface area contributed by atoms with Crippen molar-refractivity contribution in [2.45, 2.75) is 18.8 Å². The number of carbonyl (C=O) groups excluding carboxylic acids is 4. The summed E-state index contributed by atoms with van der Waals surface area (Å²) in [4.78, 5) is 54.3. The maximum absolute atomic E-state index is 13.8. The molecule has 34 heavy (non-hydrogen) atoms. The highest BCUT2D eigenvalue weighted by Crippen LogP contribution is 2.56. The molecule has 4 nitrogen and oxygen atoms in total. The van der Waals surface area contributed by atoms with Crippen molar-refractivity contribution in [2.75, 3.05) is 0 Å². The minimum atomic E-state index is -1.46. The fourth-order valence-corrected chi connectivity index (χ4v) is 5.52. The molecule has 0 radical (unpaired) electrons. The first-order chi connectivity index (χ1) is 16.4. The van der Waals surface area contributed by atoms with Gasteiger partial charge in [-0.25, -0.2) is 0 Å². The predicted molar refractivity (Wildman–Crippen MR) is 130 cm³/mol. The van der Waals surface area contributed by atoms with Crippen LogP contribution in [0.3, 0.4) is 0 Å². The molecule has 1 fully saturated rings. The molecule has 2 atom stereocenters. The van der Waals surface area contributed by atoms with Crippen LogP contribution in [0, 0.1) is 11.3 Å². The predicted octanol–water partition coefficient (Wildman–Crippen LogP) is 5.75. The number of hydrogen-bond donors (Lipinski definition) is 0. The molecule has 3 aromatic carbocycles. The highest BCUT2D eigenvalue weighted by molar-refractivity contribution is 6.31. The lowest BCUT2D eigenvalue weighted by molar-refractivity contribution is -0.134. The van der Waals surface area contributed by atoms with Crippen LogP contribution in [0.5, 0.6) is 0 Å². The van der Waals surface area contributed by atoms with Gasteiger partial charge >= 0.3 is 0 Å². The minimum Gasteiger partial charge on any atom is -0.299 e. The maximum atomic E-state index is 13.8.